The van der Waals surface area contributed by atoms with Gasteiger partial charge in [0.15, 0.2) is 0 Å². The minimum absolute atomic E-state index is 0.000216. The van der Waals surface area contributed by atoms with Gasteiger partial charge in [0.25, 0.3) is 0 Å². The summed E-state index contributed by atoms with van der Waals surface area (Å²) in [6.07, 6.45) is 0. The van der Waals surface area contributed by atoms with Gasteiger partial charge in [0.05, 0.1) is 5.25 Å². The van der Waals surface area contributed by atoms with Gasteiger partial charge in [0.1, 0.15) is 5.37 Å². The fourth-order valence-electron chi connectivity index (χ4n) is 3.37. The Kier molecular flexibility index (Phi) is 7.43. The molecule has 0 bridgehead atoms. The zero-order valence-electron chi connectivity index (χ0n) is 18.3. The highest BCUT2D eigenvalue weighted by Gasteiger charge is 2.38. The van der Waals surface area contributed by atoms with Crippen molar-refractivity contribution in [2.45, 2.75) is 70.5 Å². The quantitative estimate of drug-likeness (QED) is 0.764. The zero-order chi connectivity index (χ0) is 21.1. The SMILES string of the molecule is CCNC(=O)N(CCN1C(=O)[C@@H](C)S[C@H]1c1ccc(C(C)(C)C)cc1)C(C)C. The number of urea groups is 1. The third kappa shape index (κ3) is 5.22. The van der Waals surface area contributed by atoms with Gasteiger partial charge >= 0.3 is 6.03 Å². The second-order valence-corrected chi connectivity index (χ2v) is 10.1. The lowest BCUT2D eigenvalue weighted by atomic mass is 9.86. The average Bonchev–Trinajstić information content (AvgIpc) is 2.89. The number of hydrogen-bond donors (Lipinski definition) is 1. The molecule has 1 heterocycles. The standard InChI is InChI=1S/C22H35N3O2S/c1-8-23-21(27)24(15(2)3)13-14-25-19(26)16(4)28-20(25)17-9-11-18(12-10-17)22(5,6)7/h9-12,15-16,20H,8,13-14H2,1-7H3,(H,23,27)/t16-,20+/m1/s1. The van der Waals surface area contributed by atoms with E-state index in [0.717, 1.165) is 5.56 Å². The number of carbonyl (C=O) groups excluding carboxylic acids is 2. The molecule has 1 aromatic rings. The van der Waals surface area contributed by atoms with Crippen LogP contribution in [0.25, 0.3) is 0 Å². The maximum atomic E-state index is 12.8. The number of nitrogens with one attached hydrogen (secondary N) is 1. The molecule has 2 rings (SSSR count). The van der Waals surface area contributed by atoms with Gasteiger partial charge in [0.2, 0.25) is 5.91 Å². The molecule has 1 N–H and O–H groups in total. The van der Waals surface area contributed by atoms with Gasteiger partial charge in [-0.15, -0.1) is 11.8 Å². The smallest absolute Gasteiger partial charge is 0.317 e. The van der Waals surface area contributed by atoms with Gasteiger partial charge in [-0.3, -0.25) is 4.79 Å². The lowest BCUT2D eigenvalue weighted by molar-refractivity contribution is -0.130. The average molecular weight is 406 g/mol. The van der Waals surface area contributed by atoms with Gasteiger partial charge in [-0.25, -0.2) is 4.79 Å². The molecule has 156 valence electrons. The van der Waals surface area contributed by atoms with E-state index < -0.39 is 0 Å². The number of benzene rings is 1. The number of carbonyl (C=O) groups is 2. The highest BCUT2D eigenvalue weighted by molar-refractivity contribution is 8.01. The van der Waals surface area contributed by atoms with Crippen molar-refractivity contribution in [3.05, 3.63) is 35.4 Å². The Balaban J connectivity index is 2.16. The number of hydrogen-bond acceptors (Lipinski definition) is 3. The summed E-state index contributed by atoms with van der Waals surface area (Å²) in [5.41, 5.74) is 2.53. The molecule has 0 radical (unpaired) electrons. The zero-order valence-corrected chi connectivity index (χ0v) is 19.1. The summed E-state index contributed by atoms with van der Waals surface area (Å²) < 4.78 is 0. The molecule has 1 saturated heterocycles. The van der Waals surface area contributed by atoms with E-state index in [4.69, 9.17) is 0 Å². The van der Waals surface area contributed by atoms with Crippen molar-refractivity contribution in [3.8, 4) is 0 Å². The van der Waals surface area contributed by atoms with Crippen molar-refractivity contribution in [1.82, 2.24) is 15.1 Å². The molecule has 1 aliphatic rings. The molecule has 6 heteroatoms. The summed E-state index contributed by atoms with van der Waals surface area (Å²) >= 11 is 1.68. The summed E-state index contributed by atoms with van der Waals surface area (Å²) in [5.74, 6) is 0.148. The number of thioether (sulfide) groups is 1. The fourth-order valence-corrected chi connectivity index (χ4v) is 4.68. The molecule has 1 aromatic carbocycles. The van der Waals surface area contributed by atoms with Crippen LogP contribution in [0.15, 0.2) is 24.3 Å². The Labute approximate surface area is 174 Å². The van der Waals surface area contributed by atoms with Crippen molar-refractivity contribution in [1.29, 1.82) is 0 Å². The number of nitrogens with zero attached hydrogens (tertiary/aromatic N) is 2. The molecule has 1 fully saturated rings. The monoisotopic (exact) mass is 405 g/mol. The van der Waals surface area contributed by atoms with Gasteiger partial charge < -0.3 is 15.1 Å². The van der Waals surface area contributed by atoms with Crippen LogP contribution in [0.3, 0.4) is 0 Å². The molecule has 0 saturated carbocycles. The van der Waals surface area contributed by atoms with Crippen LogP contribution in [0, 0.1) is 0 Å². The molecular formula is C22H35N3O2S. The predicted octanol–water partition coefficient (Wildman–Crippen LogP) is 4.39. The predicted molar refractivity (Wildman–Crippen MR) is 118 cm³/mol. The Bertz CT molecular complexity index is 682. The summed E-state index contributed by atoms with van der Waals surface area (Å²) in [6.45, 7) is 16.1. The first kappa shape index (κ1) is 22.6. The Morgan fingerprint density at radius 2 is 1.86 bits per heavy atom. The Morgan fingerprint density at radius 3 is 2.36 bits per heavy atom. The minimum Gasteiger partial charge on any atom is -0.338 e. The Morgan fingerprint density at radius 1 is 1.25 bits per heavy atom. The van der Waals surface area contributed by atoms with Crippen LogP contribution in [0.1, 0.15) is 65.0 Å². The van der Waals surface area contributed by atoms with Gasteiger partial charge in [-0.05, 0) is 44.2 Å². The van der Waals surface area contributed by atoms with Crippen molar-refractivity contribution >= 4 is 23.7 Å². The van der Waals surface area contributed by atoms with E-state index >= 15 is 0 Å². The molecular weight excluding hydrogens is 370 g/mol. The van der Waals surface area contributed by atoms with E-state index in [-0.39, 0.29) is 34.0 Å². The van der Waals surface area contributed by atoms with E-state index in [1.807, 2.05) is 32.6 Å². The van der Waals surface area contributed by atoms with Gasteiger partial charge in [-0.1, -0.05) is 45.0 Å². The van der Waals surface area contributed by atoms with Crippen LogP contribution in [-0.4, -0.2) is 52.7 Å². The molecule has 3 amide bonds. The van der Waals surface area contributed by atoms with Crippen LogP contribution in [0.2, 0.25) is 0 Å². The largest absolute Gasteiger partial charge is 0.338 e. The fraction of sp³-hybridized carbons (Fsp3) is 0.636. The molecule has 5 nitrogen and oxygen atoms in total. The van der Waals surface area contributed by atoms with Crippen LogP contribution in [0.4, 0.5) is 4.79 Å². The normalized spacial score (nSPS) is 20.0. The van der Waals surface area contributed by atoms with Crippen molar-refractivity contribution in [2.75, 3.05) is 19.6 Å². The van der Waals surface area contributed by atoms with Gasteiger partial charge in [-0.2, -0.15) is 0 Å². The molecule has 1 aliphatic heterocycles. The molecule has 0 spiro atoms. The molecule has 0 aromatic heterocycles. The van der Waals surface area contributed by atoms with E-state index in [1.54, 1.807) is 16.7 Å². The van der Waals surface area contributed by atoms with Gasteiger partial charge in [0, 0.05) is 25.7 Å². The summed E-state index contributed by atoms with van der Waals surface area (Å²) in [7, 11) is 0. The molecule has 0 unspecified atom stereocenters. The van der Waals surface area contributed by atoms with Crippen LogP contribution in [0.5, 0.6) is 0 Å². The first-order chi connectivity index (χ1) is 13.1. The lowest BCUT2D eigenvalue weighted by Gasteiger charge is -2.31. The first-order valence-electron chi connectivity index (χ1n) is 10.2. The van der Waals surface area contributed by atoms with Crippen LogP contribution in [-0.2, 0) is 10.2 Å². The molecule has 2 atom stereocenters. The maximum absolute atomic E-state index is 12.8. The van der Waals surface area contributed by atoms with Crippen LogP contribution < -0.4 is 5.32 Å². The van der Waals surface area contributed by atoms with E-state index in [0.29, 0.717) is 19.6 Å². The summed E-state index contributed by atoms with van der Waals surface area (Å²) in [4.78, 5) is 28.8. The van der Waals surface area contributed by atoms with E-state index in [2.05, 4.69) is 50.4 Å². The topological polar surface area (TPSA) is 52.7 Å². The highest BCUT2D eigenvalue weighted by Crippen LogP contribution is 2.43. The Hall–Kier alpha value is -1.69. The minimum atomic E-state index is -0.0732. The van der Waals surface area contributed by atoms with Crippen molar-refractivity contribution < 1.29 is 9.59 Å². The molecule has 28 heavy (non-hydrogen) atoms. The third-order valence-corrected chi connectivity index (χ3v) is 6.50. The first-order valence-corrected chi connectivity index (χ1v) is 11.1. The van der Waals surface area contributed by atoms with E-state index in [9.17, 15) is 9.59 Å². The van der Waals surface area contributed by atoms with Crippen LogP contribution >= 0.6 is 11.8 Å². The molecule has 0 aliphatic carbocycles. The number of amides is 3. The summed E-state index contributed by atoms with van der Waals surface area (Å²) in [6, 6.07) is 8.61. The number of rotatable bonds is 6. The highest BCUT2D eigenvalue weighted by atomic mass is 32.2. The third-order valence-electron chi connectivity index (χ3n) is 5.10. The van der Waals surface area contributed by atoms with E-state index in [1.165, 1.54) is 5.56 Å². The summed E-state index contributed by atoms with van der Waals surface area (Å²) in [5, 5.41) is 2.80. The maximum Gasteiger partial charge on any atom is 0.317 e. The second kappa shape index (κ2) is 9.21. The van der Waals surface area contributed by atoms with Crippen molar-refractivity contribution in [2.24, 2.45) is 0 Å². The van der Waals surface area contributed by atoms with Crippen molar-refractivity contribution in [3.63, 3.8) is 0 Å². The second-order valence-electron chi connectivity index (χ2n) is 8.66. The lowest BCUT2D eigenvalue weighted by Crippen LogP contribution is -2.48.